The third-order valence-electron chi connectivity index (χ3n) is 5.37. The van der Waals surface area contributed by atoms with Crippen LogP contribution in [0.1, 0.15) is 24.8 Å². The first-order chi connectivity index (χ1) is 15.2. The van der Waals surface area contributed by atoms with E-state index in [9.17, 15) is 27.9 Å². The standard InChI is InChI=1S/C22H25F3N2O5/c1-2-3-8-17(29)27(12-22(23,24)25)15-11-14(21(31)26-9-10-28)18-13-6-4-5-7-16(13)32-20(18)19(15)30/h3-8,11,15,18-20,28,30H,2,9-10,12H2,1H3,(H,26,31). The molecule has 0 spiro atoms. The van der Waals surface area contributed by atoms with Gasteiger partial charge in [0.25, 0.3) is 0 Å². The molecule has 4 unspecified atom stereocenters. The molecule has 2 aliphatic rings. The summed E-state index contributed by atoms with van der Waals surface area (Å²) in [5.41, 5.74) is 0.683. The number of carbonyl (C=O) groups excluding carboxylic acids is 2. The van der Waals surface area contributed by atoms with Crippen LogP contribution in [0.25, 0.3) is 0 Å². The zero-order valence-electron chi connectivity index (χ0n) is 17.4. The van der Waals surface area contributed by atoms with E-state index in [1.807, 2.05) is 0 Å². The molecule has 1 aromatic rings. The molecule has 1 aliphatic carbocycles. The molecular formula is C22H25F3N2O5. The molecule has 0 bridgehead atoms. The summed E-state index contributed by atoms with van der Waals surface area (Å²) in [7, 11) is 0. The van der Waals surface area contributed by atoms with Crippen LogP contribution in [0.4, 0.5) is 13.2 Å². The highest BCUT2D eigenvalue weighted by molar-refractivity contribution is 5.96. The van der Waals surface area contributed by atoms with Gasteiger partial charge in [-0.05, 0) is 24.6 Å². The number of halogens is 3. The molecule has 10 heteroatoms. The van der Waals surface area contributed by atoms with Crippen molar-refractivity contribution in [3.8, 4) is 5.75 Å². The molecule has 1 heterocycles. The summed E-state index contributed by atoms with van der Waals surface area (Å²) < 4.78 is 45.8. The van der Waals surface area contributed by atoms with Crippen LogP contribution in [0.3, 0.4) is 0 Å². The van der Waals surface area contributed by atoms with Gasteiger partial charge >= 0.3 is 6.18 Å². The second kappa shape index (κ2) is 9.74. The number of carbonyl (C=O) groups is 2. The summed E-state index contributed by atoms with van der Waals surface area (Å²) in [5.74, 6) is -1.88. The van der Waals surface area contributed by atoms with E-state index in [1.165, 1.54) is 12.2 Å². The van der Waals surface area contributed by atoms with Crippen molar-refractivity contribution in [1.82, 2.24) is 10.2 Å². The normalized spacial score (nSPS) is 24.4. The van der Waals surface area contributed by atoms with Crippen LogP contribution in [0.5, 0.6) is 5.75 Å². The quantitative estimate of drug-likeness (QED) is 0.545. The molecule has 0 aromatic heterocycles. The van der Waals surface area contributed by atoms with Crippen molar-refractivity contribution in [2.24, 2.45) is 0 Å². The van der Waals surface area contributed by atoms with Crippen molar-refractivity contribution >= 4 is 11.8 Å². The average molecular weight is 454 g/mol. The maximum Gasteiger partial charge on any atom is 0.406 e. The van der Waals surface area contributed by atoms with E-state index in [0.29, 0.717) is 22.6 Å². The molecule has 7 nitrogen and oxygen atoms in total. The van der Waals surface area contributed by atoms with Gasteiger partial charge < -0.3 is 25.2 Å². The fourth-order valence-electron chi connectivity index (χ4n) is 4.03. The SMILES string of the molecule is CCC=CC(=O)N(CC(F)(F)F)C1C=C(C(=O)NCCO)C2c3ccccc3OC2C1O. The van der Waals surface area contributed by atoms with Crippen molar-refractivity contribution < 1.29 is 37.7 Å². The molecule has 4 atom stereocenters. The molecule has 174 valence electrons. The number of nitrogens with one attached hydrogen (secondary N) is 1. The molecule has 1 aromatic carbocycles. The Morgan fingerprint density at radius 3 is 2.66 bits per heavy atom. The van der Waals surface area contributed by atoms with E-state index in [1.54, 1.807) is 31.2 Å². The second-order valence-electron chi connectivity index (χ2n) is 7.57. The molecule has 2 amide bonds. The van der Waals surface area contributed by atoms with Gasteiger partial charge in [0.1, 0.15) is 24.5 Å². The van der Waals surface area contributed by atoms with Gasteiger partial charge in [-0.25, -0.2) is 0 Å². The molecule has 3 rings (SSSR count). The number of allylic oxidation sites excluding steroid dienone is 1. The lowest BCUT2D eigenvalue weighted by molar-refractivity contribution is -0.167. The van der Waals surface area contributed by atoms with Gasteiger partial charge in [0, 0.05) is 17.7 Å². The van der Waals surface area contributed by atoms with Gasteiger partial charge in [-0.1, -0.05) is 31.2 Å². The van der Waals surface area contributed by atoms with Crippen molar-refractivity contribution in [2.75, 3.05) is 19.7 Å². The Morgan fingerprint density at radius 1 is 1.28 bits per heavy atom. The number of aliphatic hydroxyl groups is 2. The van der Waals surface area contributed by atoms with Crippen molar-refractivity contribution in [3.05, 3.63) is 53.6 Å². The molecule has 0 radical (unpaired) electrons. The Hall–Kier alpha value is -2.85. The van der Waals surface area contributed by atoms with E-state index in [-0.39, 0.29) is 18.7 Å². The molecule has 1 aliphatic heterocycles. The molecule has 0 fully saturated rings. The number of benzene rings is 1. The fraction of sp³-hybridized carbons (Fsp3) is 0.455. The number of rotatable bonds is 7. The van der Waals surface area contributed by atoms with E-state index in [2.05, 4.69) is 5.32 Å². The predicted molar refractivity (Wildman–Crippen MR) is 109 cm³/mol. The molecular weight excluding hydrogens is 429 g/mol. The molecule has 0 saturated heterocycles. The number of ether oxygens (including phenoxy) is 1. The fourth-order valence-corrected chi connectivity index (χ4v) is 4.03. The average Bonchev–Trinajstić information content (AvgIpc) is 3.14. The smallest absolute Gasteiger partial charge is 0.406 e. The van der Waals surface area contributed by atoms with Gasteiger partial charge in [-0.15, -0.1) is 0 Å². The first-order valence-corrected chi connectivity index (χ1v) is 10.3. The van der Waals surface area contributed by atoms with Crippen molar-refractivity contribution in [2.45, 2.75) is 43.7 Å². The number of nitrogens with zero attached hydrogens (tertiary/aromatic N) is 1. The van der Waals surface area contributed by atoms with Crippen LogP contribution >= 0.6 is 0 Å². The Kier molecular flexibility index (Phi) is 7.25. The molecule has 3 N–H and O–H groups in total. The molecule has 32 heavy (non-hydrogen) atoms. The van der Waals surface area contributed by atoms with Crippen LogP contribution in [0, 0.1) is 0 Å². The number of alkyl halides is 3. The van der Waals surface area contributed by atoms with E-state index in [0.717, 1.165) is 6.08 Å². The summed E-state index contributed by atoms with van der Waals surface area (Å²) in [5, 5.41) is 22.5. The number of hydrogen-bond donors (Lipinski definition) is 3. The highest BCUT2D eigenvalue weighted by Crippen LogP contribution is 2.47. The van der Waals surface area contributed by atoms with Crippen LogP contribution in [0.15, 0.2) is 48.1 Å². The lowest BCUT2D eigenvalue weighted by Gasteiger charge is -2.40. The Balaban J connectivity index is 2.06. The summed E-state index contributed by atoms with van der Waals surface area (Å²) >= 11 is 0. The minimum absolute atomic E-state index is 0.0618. The highest BCUT2D eigenvalue weighted by Gasteiger charge is 2.51. The van der Waals surface area contributed by atoms with Gasteiger partial charge in [-0.2, -0.15) is 13.2 Å². The number of hydrogen-bond acceptors (Lipinski definition) is 5. The molecule has 0 saturated carbocycles. The van der Waals surface area contributed by atoms with Crippen LogP contribution in [-0.4, -0.2) is 71.0 Å². The number of aliphatic hydroxyl groups excluding tert-OH is 2. The summed E-state index contributed by atoms with van der Waals surface area (Å²) in [4.78, 5) is 26.0. The number of fused-ring (bicyclic) bond motifs is 3. The third-order valence-corrected chi connectivity index (χ3v) is 5.37. The summed E-state index contributed by atoms with van der Waals surface area (Å²) in [6.07, 6.45) is -3.21. The van der Waals surface area contributed by atoms with Crippen LogP contribution < -0.4 is 10.1 Å². The van der Waals surface area contributed by atoms with Gasteiger partial charge in [-0.3, -0.25) is 9.59 Å². The van der Waals surface area contributed by atoms with Crippen molar-refractivity contribution in [3.63, 3.8) is 0 Å². The lowest BCUT2D eigenvalue weighted by atomic mass is 9.77. The van der Waals surface area contributed by atoms with E-state index in [4.69, 9.17) is 9.84 Å². The first kappa shape index (κ1) is 23.8. The Morgan fingerprint density at radius 2 is 2.00 bits per heavy atom. The van der Waals surface area contributed by atoms with Gasteiger partial charge in [0.2, 0.25) is 11.8 Å². The zero-order chi connectivity index (χ0) is 23.5. The van der Waals surface area contributed by atoms with Gasteiger partial charge in [0.05, 0.1) is 18.6 Å². The summed E-state index contributed by atoms with van der Waals surface area (Å²) in [6.45, 7) is -0.264. The van der Waals surface area contributed by atoms with E-state index < -0.39 is 48.7 Å². The second-order valence-corrected chi connectivity index (χ2v) is 7.57. The topological polar surface area (TPSA) is 99.1 Å². The lowest BCUT2D eigenvalue weighted by Crippen LogP contribution is -2.57. The Labute approximate surface area is 183 Å². The minimum atomic E-state index is -4.72. The van der Waals surface area contributed by atoms with Crippen molar-refractivity contribution in [1.29, 1.82) is 0 Å². The number of para-hydroxylation sites is 1. The maximum absolute atomic E-state index is 13.3. The monoisotopic (exact) mass is 454 g/mol. The first-order valence-electron chi connectivity index (χ1n) is 10.3. The predicted octanol–water partition coefficient (Wildman–Crippen LogP) is 1.67. The minimum Gasteiger partial charge on any atom is -0.486 e. The van der Waals surface area contributed by atoms with Crippen LogP contribution in [-0.2, 0) is 9.59 Å². The highest BCUT2D eigenvalue weighted by atomic mass is 19.4. The maximum atomic E-state index is 13.3. The zero-order valence-corrected chi connectivity index (χ0v) is 17.4. The van der Waals surface area contributed by atoms with Crippen LogP contribution in [0.2, 0.25) is 0 Å². The summed E-state index contributed by atoms with van der Waals surface area (Å²) in [6, 6.07) is 5.33. The third kappa shape index (κ3) is 4.97. The number of amides is 2. The van der Waals surface area contributed by atoms with Gasteiger partial charge in [0.15, 0.2) is 0 Å². The largest absolute Gasteiger partial charge is 0.486 e. The Bertz CT molecular complexity index is 915. The van der Waals surface area contributed by atoms with E-state index >= 15 is 0 Å².